The van der Waals surface area contributed by atoms with E-state index in [9.17, 15) is 0 Å². The van der Waals surface area contributed by atoms with E-state index < -0.39 is 0 Å². The summed E-state index contributed by atoms with van der Waals surface area (Å²) in [6.07, 6.45) is 1.17. The molecule has 1 aromatic heterocycles. The summed E-state index contributed by atoms with van der Waals surface area (Å²) in [5.41, 5.74) is 3.52. The summed E-state index contributed by atoms with van der Waals surface area (Å²) in [7, 11) is 2.18. The second-order valence-electron chi connectivity index (χ2n) is 5.92. The van der Waals surface area contributed by atoms with Crippen LogP contribution < -0.4 is 0 Å². The Kier molecular flexibility index (Phi) is 5.28. The number of fused-ring (bicyclic) bond motifs is 1. The lowest BCUT2D eigenvalue weighted by Crippen LogP contribution is -2.31. The van der Waals surface area contributed by atoms with Gasteiger partial charge in [0.15, 0.2) is 0 Å². The Balaban J connectivity index is 2.34. The minimum atomic E-state index is -0.0781. The molecule has 1 heterocycles. The van der Waals surface area contributed by atoms with Gasteiger partial charge in [0.1, 0.15) is 5.82 Å². The summed E-state index contributed by atoms with van der Waals surface area (Å²) in [6.45, 7) is 10.6. The van der Waals surface area contributed by atoms with E-state index in [-0.39, 0.29) is 5.38 Å². The predicted molar refractivity (Wildman–Crippen MR) is 91.1 cm³/mol. The van der Waals surface area contributed by atoms with Gasteiger partial charge in [-0.25, -0.2) is 4.98 Å². The van der Waals surface area contributed by atoms with Gasteiger partial charge in [0.05, 0.1) is 16.4 Å². The smallest absolute Gasteiger partial charge is 0.127 e. The Labute approximate surface area is 132 Å². The quantitative estimate of drug-likeness (QED) is 0.739. The molecule has 116 valence electrons. The number of aromatic nitrogens is 2. The van der Waals surface area contributed by atoms with Crippen LogP contribution in [0.5, 0.6) is 0 Å². The zero-order valence-electron chi connectivity index (χ0n) is 13.7. The molecule has 4 heteroatoms. The number of hydrogen-bond donors (Lipinski definition) is 0. The number of para-hydroxylation sites is 1. The van der Waals surface area contributed by atoms with Crippen molar-refractivity contribution in [2.24, 2.45) is 0 Å². The first-order chi connectivity index (χ1) is 9.95. The summed E-state index contributed by atoms with van der Waals surface area (Å²) >= 11 is 6.34. The lowest BCUT2D eigenvalue weighted by atomic mass is 10.2. The van der Waals surface area contributed by atoms with E-state index in [1.165, 1.54) is 17.5 Å². The lowest BCUT2D eigenvalue weighted by molar-refractivity contribution is 0.242. The van der Waals surface area contributed by atoms with Gasteiger partial charge in [-0.15, -0.1) is 11.6 Å². The third kappa shape index (κ3) is 3.41. The molecule has 0 N–H and O–H groups in total. The molecule has 1 aromatic carbocycles. The molecule has 0 aliphatic rings. The van der Waals surface area contributed by atoms with Crippen LogP contribution in [0.1, 0.15) is 44.0 Å². The Morgan fingerprint density at radius 3 is 2.67 bits per heavy atom. The van der Waals surface area contributed by atoms with Crippen LogP contribution in [-0.4, -0.2) is 34.1 Å². The van der Waals surface area contributed by atoms with Crippen molar-refractivity contribution in [3.05, 3.63) is 29.6 Å². The molecule has 0 bridgehead atoms. The summed E-state index contributed by atoms with van der Waals surface area (Å²) in [6, 6.07) is 6.86. The van der Waals surface area contributed by atoms with Gasteiger partial charge >= 0.3 is 0 Å². The average molecular weight is 308 g/mol. The number of alkyl halides is 1. The lowest BCUT2D eigenvalue weighted by Gasteiger charge is -2.24. The van der Waals surface area contributed by atoms with Crippen molar-refractivity contribution in [3.8, 4) is 0 Å². The van der Waals surface area contributed by atoms with Crippen molar-refractivity contribution in [1.29, 1.82) is 0 Å². The van der Waals surface area contributed by atoms with E-state index in [2.05, 4.69) is 55.5 Å². The molecular weight excluding hydrogens is 282 g/mol. The normalized spacial score (nSPS) is 14.8. The number of rotatable bonds is 6. The largest absolute Gasteiger partial charge is 0.325 e. The van der Waals surface area contributed by atoms with Crippen molar-refractivity contribution in [1.82, 2.24) is 14.5 Å². The highest BCUT2D eigenvalue weighted by molar-refractivity contribution is 6.20. The number of nitrogens with zero attached hydrogens (tertiary/aromatic N) is 3. The zero-order valence-corrected chi connectivity index (χ0v) is 14.5. The molecule has 0 saturated carbocycles. The SMILES string of the molecule is CCC(C)N(C)CCn1c(C(C)Cl)nc2cccc(C)c21. The second-order valence-corrected chi connectivity index (χ2v) is 6.57. The van der Waals surface area contributed by atoms with E-state index in [4.69, 9.17) is 16.6 Å². The van der Waals surface area contributed by atoms with Gasteiger partial charge in [0.2, 0.25) is 0 Å². The van der Waals surface area contributed by atoms with Crippen LogP contribution in [0.25, 0.3) is 11.0 Å². The molecule has 21 heavy (non-hydrogen) atoms. The summed E-state index contributed by atoms with van der Waals surface area (Å²) in [5.74, 6) is 0.971. The fourth-order valence-corrected chi connectivity index (χ4v) is 2.87. The predicted octanol–water partition coefficient (Wildman–Crippen LogP) is 4.37. The maximum atomic E-state index is 6.34. The van der Waals surface area contributed by atoms with E-state index in [1.807, 2.05) is 6.92 Å². The monoisotopic (exact) mass is 307 g/mol. The molecule has 2 atom stereocenters. The summed E-state index contributed by atoms with van der Waals surface area (Å²) in [5, 5.41) is -0.0781. The van der Waals surface area contributed by atoms with Gasteiger partial charge in [-0.1, -0.05) is 19.1 Å². The van der Waals surface area contributed by atoms with Crippen LogP contribution in [-0.2, 0) is 6.54 Å². The number of likely N-dealkylation sites (N-methyl/N-ethyl adjacent to an activating group) is 1. The van der Waals surface area contributed by atoms with Crippen molar-refractivity contribution in [2.75, 3.05) is 13.6 Å². The van der Waals surface area contributed by atoms with Crippen molar-refractivity contribution in [2.45, 2.75) is 52.1 Å². The summed E-state index contributed by atoms with van der Waals surface area (Å²) in [4.78, 5) is 7.12. The minimum absolute atomic E-state index is 0.0781. The van der Waals surface area contributed by atoms with Gasteiger partial charge in [-0.3, -0.25) is 0 Å². The van der Waals surface area contributed by atoms with Gasteiger partial charge in [0.25, 0.3) is 0 Å². The number of aryl methyl sites for hydroxylation is 1. The first kappa shape index (κ1) is 16.3. The van der Waals surface area contributed by atoms with Crippen LogP contribution >= 0.6 is 11.6 Å². The highest BCUT2D eigenvalue weighted by Gasteiger charge is 2.17. The van der Waals surface area contributed by atoms with E-state index >= 15 is 0 Å². The van der Waals surface area contributed by atoms with Crippen molar-refractivity contribution in [3.63, 3.8) is 0 Å². The van der Waals surface area contributed by atoms with Gasteiger partial charge < -0.3 is 9.47 Å². The fraction of sp³-hybridized carbons (Fsp3) is 0.588. The molecule has 2 unspecified atom stereocenters. The fourth-order valence-electron chi connectivity index (χ4n) is 2.70. The highest BCUT2D eigenvalue weighted by Crippen LogP contribution is 2.26. The number of benzene rings is 1. The van der Waals surface area contributed by atoms with Crippen LogP contribution in [0, 0.1) is 6.92 Å². The van der Waals surface area contributed by atoms with Gasteiger partial charge in [-0.2, -0.15) is 0 Å². The maximum Gasteiger partial charge on any atom is 0.127 e. The highest BCUT2D eigenvalue weighted by atomic mass is 35.5. The van der Waals surface area contributed by atoms with Gasteiger partial charge in [0, 0.05) is 19.1 Å². The molecular formula is C17H26ClN3. The third-order valence-electron chi connectivity index (χ3n) is 4.37. The maximum absolute atomic E-state index is 6.34. The number of imidazole rings is 1. The van der Waals surface area contributed by atoms with E-state index in [1.54, 1.807) is 0 Å². The molecule has 0 aliphatic carbocycles. The molecule has 0 radical (unpaired) electrons. The zero-order chi connectivity index (χ0) is 15.6. The molecule has 2 rings (SSSR count). The average Bonchev–Trinajstić information content (AvgIpc) is 2.84. The van der Waals surface area contributed by atoms with Crippen molar-refractivity contribution < 1.29 is 0 Å². The molecule has 0 aliphatic heterocycles. The molecule has 0 saturated heterocycles. The number of hydrogen-bond acceptors (Lipinski definition) is 2. The van der Waals surface area contributed by atoms with Crippen LogP contribution in [0.4, 0.5) is 0 Å². The Morgan fingerprint density at radius 1 is 1.33 bits per heavy atom. The van der Waals surface area contributed by atoms with Crippen LogP contribution in [0.15, 0.2) is 18.2 Å². The third-order valence-corrected chi connectivity index (χ3v) is 4.57. The van der Waals surface area contributed by atoms with Gasteiger partial charge in [-0.05, 0) is 45.9 Å². The first-order valence-corrected chi connectivity index (χ1v) is 8.19. The Morgan fingerprint density at radius 2 is 2.05 bits per heavy atom. The minimum Gasteiger partial charge on any atom is -0.325 e. The van der Waals surface area contributed by atoms with Crippen LogP contribution in [0.2, 0.25) is 0 Å². The van der Waals surface area contributed by atoms with E-state index in [0.29, 0.717) is 6.04 Å². The standard InChI is InChI=1S/C17H26ClN3/c1-6-13(3)20(5)10-11-21-16-12(2)8-7-9-15(16)19-17(21)14(4)18/h7-9,13-14H,6,10-11H2,1-5H3. The Bertz CT molecular complexity index is 603. The van der Waals surface area contributed by atoms with E-state index in [0.717, 1.165) is 24.4 Å². The molecule has 0 spiro atoms. The molecule has 0 fully saturated rings. The summed E-state index contributed by atoms with van der Waals surface area (Å²) < 4.78 is 2.29. The van der Waals surface area contributed by atoms with Crippen molar-refractivity contribution >= 4 is 22.6 Å². The number of halogens is 1. The molecule has 2 aromatic rings. The Hall–Kier alpha value is -1.06. The second kappa shape index (κ2) is 6.80. The molecule has 3 nitrogen and oxygen atoms in total. The topological polar surface area (TPSA) is 21.1 Å². The first-order valence-electron chi connectivity index (χ1n) is 7.75. The molecule has 0 amide bonds. The van der Waals surface area contributed by atoms with Crippen LogP contribution in [0.3, 0.4) is 0 Å².